The highest BCUT2D eigenvalue weighted by molar-refractivity contribution is 5.93. The SMILES string of the molecule is Nc1ccc(C(=O)N2CCCC2c2cccnc2)nc1. The number of amides is 1. The summed E-state index contributed by atoms with van der Waals surface area (Å²) >= 11 is 0. The molecule has 1 amide bonds. The summed E-state index contributed by atoms with van der Waals surface area (Å²) in [6.07, 6.45) is 7.05. The van der Waals surface area contributed by atoms with E-state index in [1.165, 1.54) is 6.20 Å². The van der Waals surface area contributed by atoms with Crippen LogP contribution in [0.5, 0.6) is 0 Å². The minimum absolute atomic E-state index is 0.0450. The van der Waals surface area contributed by atoms with E-state index in [2.05, 4.69) is 9.97 Å². The van der Waals surface area contributed by atoms with Gasteiger partial charge < -0.3 is 10.6 Å². The summed E-state index contributed by atoms with van der Waals surface area (Å²) in [5.41, 5.74) is 7.68. The zero-order chi connectivity index (χ0) is 13.9. The maximum absolute atomic E-state index is 12.5. The van der Waals surface area contributed by atoms with Crippen molar-refractivity contribution in [2.75, 3.05) is 12.3 Å². The average molecular weight is 268 g/mol. The Morgan fingerprint density at radius 1 is 1.30 bits per heavy atom. The number of aromatic nitrogens is 2. The maximum atomic E-state index is 12.5. The van der Waals surface area contributed by atoms with Crippen LogP contribution < -0.4 is 5.73 Å². The smallest absolute Gasteiger partial charge is 0.272 e. The summed E-state index contributed by atoms with van der Waals surface area (Å²) < 4.78 is 0. The number of nitrogen functional groups attached to an aromatic ring is 1. The second-order valence-electron chi connectivity index (χ2n) is 4.92. The number of pyridine rings is 2. The Labute approximate surface area is 117 Å². The van der Waals surface area contributed by atoms with E-state index in [-0.39, 0.29) is 11.9 Å². The van der Waals surface area contributed by atoms with Crippen molar-refractivity contribution in [1.82, 2.24) is 14.9 Å². The van der Waals surface area contributed by atoms with Crippen LogP contribution >= 0.6 is 0 Å². The number of anilines is 1. The van der Waals surface area contributed by atoms with Crippen LogP contribution in [0.15, 0.2) is 42.9 Å². The van der Waals surface area contributed by atoms with Crippen molar-refractivity contribution in [2.24, 2.45) is 0 Å². The van der Waals surface area contributed by atoms with Gasteiger partial charge >= 0.3 is 0 Å². The first-order valence-electron chi connectivity index (χ1n) is 6.68. The molecule has 0 aliphatic carbocycles. The van der Waals surface area contributed by atoms with E-state index in [0.29, 0.717) is 11.4 Å². The molecule has 1 saturated heterocycles. The standard InChI is InChI=1S/C15H16N4O/c16-12-5-6-13(18-10-12)15(20)19-8-2-4-14(19)11-3-1-7-17-9-11/h1,3,5-7,9-10,14H,2,4,8,16H2. The molecule has 2 N–H and O–H groups in total. The molecule has 5 heteroatoms. The molecule has 0 radical (unpaired) electrons. The lowest BCUT2D eigenvalue weighted by atomic mass is 10.1. The molecule has 2 aromatic heterocycles. The summed E-state index contributed by atoms with van der Waals surface area (Å²) in [6, 6.07) is 7.39. The first-order chi connectivity index (χ1) is 9.75. The van der Waals surface area contributed by atoms with Gasteiger partial charge in [-0.2, -0.15) is 0 Å². The van der Waals surface area contributed by atoms with Crippen LogP contribution in [-0.2, 0) is 0 Å². The van der Waals surface area contributed by atoms with Gasteiger partial charge in [-0.05, 0) is 36.6 Å². The molecule has 1 aliphatic heterocycles. The minimum Gasteiger partial charge on any atom is -0.397 e. The highest BCUT2D eigenvalue weighted by Gasteiger charge is 2.31. The fraction of sp³-hybridized carbons (Fsp3) is 0.267. The van der Waals surface area contributed by atoms with E-state index in [1.54, 1.807) is 18.3 Å². The molecule has 0 bridgehead atoms. The largest absolute Gasteiger partial charge is 0.397 e. The molecule has 5 nitrogen and oxygen atoms in total. The van der Waals surface area contributed by atoms with Gasteiger partial charge in [0, 0.05) is 18.9 Å². The van der Waals surface area contributed by atoms with Gasteiger partial charge in [-0.1, -0.05) is 6.07 Å². The fourth-order valence-corrected chi connectivity index (χ4v) is 2.61. The van der Waals surface area contributed by atoms with Gasteiger partial charge in [0.25, 0.3) is 5.91 Å². The van der Waals surface area contributed by atoms with E-state index >= 15 is 0 Å². The number of nitrogens with two attached hydrogens (primary N) is 1. The van der Waals surface area contributed by atoms with Crippen molar-refractivity contribution < 1.29 is 4.79 Å². The molecule has 102 valence electrons. The van der Waals surface area contributed by atoms with Gasteiger partial charge in [0.1, 0.15) is 5.69 Å². The van der Waals surface area contributed by atoms with Crippen molar-refractivity contribution in [3.8, 4) is 0 Å². The monoisotopic (exact) mass is 268 g/mol. The highest BCUT2D eigenvalue weighted by atomic mass is 16.2. The van der Waals surface area contributed by atoms with Crippen molar-refractivity contribution in [3.05, 3.63) is 54.1 Å². The number of likely N-dealkylation sites (tertiary alicyclic amines) is 1. The first-order valence-corrected chi connectivity index (χ1v) is 6.68. The van der Waals surface area contributed by atoms with E-state index in [9.17, 15) is 4.79 Å². The van der Waals surface area contributed by atoms with Crippen molar-refractivity contribution in [2.45, 2.75) is 18.9 Å². The molecule has 2 aromatic rings. The molecule has 1 atom stereocenters. The van der Waals surface area contributed by atoms with Crippen LogP contribution in [0.3, 0.4) is 0 Å². The number of carbonyl (C=O) groups is 1. The number of nitrogens with zero attached hydrogens (tertiary/aromatic N) is 3. The summed E-state index contributed by atoms with van der Waals surface area (Å²) in [7, 11) is 0. The Bertz CT molecular complexity index is 597. The lowest BCUT2D eigenvalue weighted by Crippen LogP contribution is -2.31. The molecule has 0 spiro atoms. The lowest BCUT2D eigenvalue weighted by Gasteiger charge is -2.24. The predicted octanol–water partition coefficient (Wildman–Crippen LogP) is 2.04. The van der Waals surface area contributed by atoms with Crippen LogP contribution in [-0.4, -0.2) is 27.3 Å². The summed E-state index contributed by atoms with van der Waals surface area (Å²) in [5.74, 6) is -0.0450. The van der Waals surface area contributed by atoms with Gasteiger partial charge in [0.15, 0.2) is 0 Å². The maximum Gasteiger partial charge on any atom is 0.272 e. The zero-order valence-electron chi connectivity index (χ0n) is 11.1. The molecule has 0 saturated carbocycles. The number of carbonyl (C=O) groups excluding carboxylic acids is 1. The third kappa shape index (κ3) is 2.34. The molecule has 0 aromatic carbocycles. The van der Waals surface area contributed by atoms with Gasteiger partial charge in [-0.3, -0.25) is 9.78 Å². The van der Waals surface area contributed by atoms with Gasteiger partial charge in [-0.15, -0.1) is 0 Å². The summed E-state index contributed by atoms with van der Waals surface area (Å²) in [5, 5.41) is 0. The molecule has 1 unspecified atom stereocenters. The van der Waals surface area contributed by atoms with Crippen LogP contribution in [0.4, 0.5) is 5.69 Å². The zero-order valence-corrected chi connectivity index (χ0v) is 11.1. The van der Waals surface area contributed by atoms with Crippen LogP contribution in [0, 0.1) is 0 Å². The van der Waals surface area contributed by atoms with Crippen molar-refractivity contribution in [1.29, 1.82) is 0 Å². The summed E-state index contributed by atoms with van der Waals surface area (Å²) in [4.78, 5) is 22.7. The molecule has 3 heterocycles. The van der Waals surface area contributed by atoms with Gasteiger partial charge in [0.05, 0.1) is 17.9 Å². The van der Waals surface area contributed by atoms with Crippen LogP contribution in [0.2, 0.25) is 0 Å². The highest BCUT2D eigenvalue weighted by Crippen LogP contribution is 2.32. The Kier molecular flexibility index (Phi) is 3.33. The van der Waals surface area contributed by atoms with Crippen molar-refractivity contribution in [3.63, 3.8) is 0 Å². The van der Waals surface area contributed by atoms with Gasteiger partial charge in [-0.25, -0.2) is 4.98 Å². The summed E-state index contributed by atoms with van der Waals surface area (Å²) in [6.45, 7) is 0.754. The van der Waals surface area contributed by atoms with Crippen LogP contribution in [0.1, 0.15) is 34.9 Å². The second-order valence-corrected chi connectivity index (χ2v) is 4.92. The van der Waals surface area contributed by atoms with Crippen LogP contribution in [0.25, 0.3) is 0 Å². The molecular weight excluding hydrogens is 252 g/mol. The predicted molar refractivity (Wildman–Crippen MR) is 75.9 cm³/mol. The normalized spacial score (nSPS) is 18.2. The Hall–Kier alpha value is -2.43. The van der Waals surface area contributed by atoms with E-state index in [4.69, 9.17) is 5.73 Å². The van der Waals surface area contributed by atoms with Gasteiger partial charge in [0.2, 0.25) is 0 Å². The Morgan fingerprint density at radius 2 is 2.20 bits per heavy atom. The molecule has 1 fully saturated rings. The fourth-order valence-electron chi connectivity index (χ4n) is 2.61. The Balaban J connectivity index is 1.85. The van der Waals surface area contributed by atoms with Crippen molar-refractivity contribution >= 4 is 11.6 Å². The third-order valence-corrected chi connectivity index (χ3v) is 3.59. The second kappa shape index (κ2) is 5.28. The average Bonchev–Trinajstić information content (AvgIpc) is 2.97. The molecule has 20 heavy (non-hydrogen) atoms. The minimum atomic E-state index is -0.0450. The lowest BCUT2D eigenvalue weighted by molar-refractivity contribution is 0.0729. The number of hydrogen-bond donors (Lipinski definition) is 1. The van der Waals surface area contributed by atoms with E-state index in [1.807, 2.05) is 23.2 Å². The topological polar surface area (TPSA) is 72.1 Å². The van der Waals surface area contributed by atoms with E-state index < -0.39 is 0 Å². The Morgan fingerprint density at radius 3 is 2.90 bits per heavy atom. The first kappa shape index (κ1) is 12.6. The van der Waals surface area contributed by atoms with E-state index in [0.717, 1.165) is 24.9 Å². The molecular formula is C15H16N4O. The quantitative estimate of drug-likeness (QED) is 0.904. The third-order valence-electron chi connectivity index (χ3n) is 3.59. The molecule has 1 aliphatic rings. The number of hydrogen-bond acceptors (Lipinski definition) is 4. The number of rotatable bonds is 2. The molecule has 3 rings (SSSR count).